The molecule has 0 aromatic carbocycles. The molecule has 0 N–H and O–H groups in total. The molecule has 0 saturated heterocycles. The lowest BCUT2D eigenvalue weighted by molar-refractivity contribution is -0.144. The van der Waals surface area contributed by atoms with Crippen LogP contribution in [-0.2, 0) is 37.0 Å². The summed E-state index contributed by atoms with van der Waals surface area (Å²) in [7, 11) is 1.25. The van der Waals surface area contributed by atoms with Crippen LogP contribution in [0.25, 0.3) is 0 Å². The lowest BCUT2D eigenvalue weighted by atomic mass is 10.0. The molecule has 2 rings (SSSR count). The second-order valence-electron chi connectivity index (χ2n) is 4.78. The summed E-state index contributed by atoms with van der Waals surface area (Å²) in [4.78, 5) is 54.4. The van der Waals surface area contributed by atoms with Gasteiger partial charge in [-0.05, 0) is 0 Å². The van der Waals surface area contributed by atoms with Crippen LogP contribution in [-0.4, -0.2) is 40.6 Å². The van der Waals surface area contributed by atoms with Crippen molar-refractivity contribution in [3.63, 3.8) is 0 Å². The van der Waals surface area contributed by atoms with E-state index in [1.807, 2.05) is 0 Å². The van der Waals surface area contributed by atoms with E-state index in [2.05, 4.69) is 9.97 Å². The summed E-state index contributed by atoms with van der Waals surface area (Å²) in [6, 6.07) is 0. The summed E-state index contributed by atoms with van der Waals surface area (Å²) in [5.41, 5.74) is -0.132. The zero-order valence-corrected chi connectivity index (χ0v) is 13.2. The van der Waals surface area contributed by atoms with Gasteiger partial charge in [-0.15, -0.1) is 0 Å². The minimum Gasteiger partial charge on any atom is -0.492 e. The lowest BCUT2D eigenvalue weighted by Crippen LogP contribution is -2.24. The Morgan fingerprint density at radius 1 is 0.958 bits per heavy atom. The van der Waals surface area contributed by atoms with E-state index in [1.54, 1.807) is 0 Å². The van der Waals surface area contributed by atoms with Crippen LogP contribution in [0.15, 0.2) is 11.8 Å². The van der Waals surface area contributed by atoms with Crippen molar-refractivity contribution in [2.45, 2.75) is 27.1 Å². The van der Waals surface area contributed by atoms with Gasteiger partial charge in [-0.25, -0.2) is 9.97 Å². The van der Waals surface area contributed by atoms with Gasteiger partial charge in [-0.1, -0.05) is 0 Å². The number of rotatable bonds is 5. The SMILES string of the molecule is COC1=CC(=O)c2nc(COC(C)=O)c(COC(C)=O)nc2C1=O. The maximum atomic E-state index is 12.2. The van der Waals surface area contributed by atoms with E-state index in [0.29, 0.717) is 0 Å². The Bertz CT molecular complexity index is 767. The second kappa shape index (κ2) is 6.99. The number of nitrogens with zero attached hydrogens (tertiary/aromatic N) is 2. The second-order valence-corrected chi connectivity index (χ2v) is 4.78. The molecular formula is C15H14N2O7. The molecule has 1 aliphatic carbocycles. The molecule has 9 nitrogen and oxygen atoms in total. The summed E-state index contributed by atoms with van der Waals surface area (Å²) in [5.74, 6) is -2.45. The number of ether oxygens (including phenoxy) is 3. The van der Waals surface area contributed by atoms with Crippen LogP contribution in [0.4, 0.5) is 0 Å². The molecule has 0 saturated carbocycles. The third-order valence-electron chi connectivity index (χ3n) is 3.03. The summed E-state index contributed by atoms with van der Waals surface area (Å²) in [6.07, 6.45) is 1.01. The maximum Gasteiger partial charge on any atom is 0.303 e. The molecule has 126 valence electrons. The van der Waals surface area contributed by atoms with Crippen LogP contribution in [0.3, 0.4) is 0 Å². The number of allylic oxidation sites excluding steroid dienone is 2. The predicted octanol–water partition coefficient (Wildman–Crippen LogP) is 0.512. The van der Waals surface area contributed by atoms with Gasteiger partial charge in [-0.3, -0.25) is 19.2 Å². The average molecular weight is 334 g/mol. The zero-order valence-electron chi connectivity index (χ0n) is 13.2. The molecule has 1 heterocycles. The van der Waals surface area contributed by atoms with Gasteiger partial charge in [-0.2, -0.15) is 0 Å². The van der Waals surface area contributed by atoms with Gasteiger partial charge in [0.05, 0.1) is 7.11 Å². The number of esters is 2. The fraction of sp³-hybridized carbons (Fsp3) is 0.333. The number of ketones is 2. The highest BCUT2D eigenvalue weighted by atomic mass is 16.5. The van der Waals surface area contributed by atoms with Gasteiger partial charge >= 0.3 is 11.9 Å². The molecule has 0 unspecified atom stereocenters. The van der Waals surface area contributed by atoms with Crippen molar-refractivity contribution in [1.82, 2.24) is 9.97 Å². The average Bonchev–Trinajstić information content (AvgIpc) is 2.53. The van der Waals surface area contributed by atoms with Crippen LogP contribution in [0.1, 0.15) is 46.2 Å². The molecule has 0 bridgehead atoms. The molecule has 1 aromatic rings. The van der Waals surface area contributed by atoms with Crippen molar-refractivity contribution < 1.29 is 33.4 Å². The number of carbonyl (C=O) groups is 4. The van der Waals surface area contributed by atoms with Crippen LogP contribution < -0.4 is 0 Å². The van der Waals surface area contributed by atoms with E-state index in [-0.39, 0.29) is 41.7 Å². The highest BCUT2D eigenvalue weighted by molar-refractivity contribution is 6.22. The van der Waals surface area contributed by atoms with Crippen molar-refractivity contribution in [2.75, 3.05) is 7.11 Å². The highest BCUT2D eigenvalue weighted by Gasteiger charge is 2.31. The van der Waals surface area contributed by atoms with Gasteiger partial charge < -0.3 is 14.2 Å². The van der Waals surface area contributed by atoms with Gasteiger partial charge in [0.2, 0.25) is 11.6 Å². The van der Waals surface area contributed by atoms with Gasteiger partial charge in [0, 0.05) is 19.9 Å². The Morgan fingerprint density at radius 2 is 1.46 bits per heavy atom. The van der Waals surface area contributed by atoms with Crippen molar-refractivity contribution in [2.24, 2.45) is 0 Å². The molecular weight excluding hydrogens is 320 g/mol. The maximum absolute atomic E-state index is 12.2. The van der Waals surface area contributed by atoms with Crippen molar-refractivity contribution in [3.8, 4) is 0 Å². The molecule has 9 heteroatoms. The van der Waals surface area contributed by atoms with Gasteiger partial charge in [0.25, 0.3) is 0 Å². The van der Waals surface area contributed by atoms with E-state index in [4.69, 9.17) is 14.2 Å². The van der Waals surface area contributed by atoms with Crippen LogP contribution >= 0.6 is 0 Å². The molecule has 0 spiro atoms. The minimum atomic E-state index is -0.609. The Kier molecular flexibility index (Phi) is 5.02. The molecule has 0 radical (unpaired) electrons. The first kappa shape index (κ1) is 17.3. The molecule has 0 fully saturated rings. The zero-order chi connectivity index (χ0) is 17.9. The van der Waals surface area contributed by atoms with Crippen LogP contribution in [0, 0.1) is 0 Å². The largest absolute Gasteiger partial charge is 0.492 e. The number of methoxy groups -OCH3 is 1. The summed E-state index contributed by atoms with van der Waals surface area (Å²) >= 11 is 0. The predicted molar refractivity (Wildman–Crippen MR) is 76.7 cm³/mol. The third kappa shape index (κ3) is 3.62. The molecule has 0 amide bonds. The lowest BCUT2D eigenvalue weighted by Gasteiger charge is -2.16. The summed E-state index contributed by atoms with van der Waals surface area (Å²) in [6.45, 7) is 1.87. The molecule has 1 aromatic heterocycles. The molecule has 1 aliphatic rings. The van der Waals surface area contributed by atoms with Crippen molar-refractivity contribution >= 4 is 23.5 Å². The Balaban J connectivity index is 2.47. The third-order valence-corrected chi connectivity index (χ3v) is 3.03. The van der Waals surface area contributed by atoms with E-state index >= 15 is 0 Å². The van der Waals surface area contributed by atoms with E-state index < -0.39 is 23.5 Å². The fourth-order valence-electron chi connectivity index (χ4n) is 1.93. The Labute approximate surface area is 136 Å². The normalized spacial score (nSPS) is 13.0. The number of hydrogen-bond donors (Lipinski definition) is 0. The van der Waals surface area contributed by atoms with Crippen molar-refractivity contribution in [3.05, 3.63) is 34.6 Å². The smallest absolute Gasteiger partial charge is 0.303 e. The first-order chi connectivity index (χ1) is 11.3. The number of fused-ring (bicyclic) bond motifs is 1. The van der Waals surface area contributed by atoms with E-state index in [1.165, 1.54) is 21.0 Å². The van der Waals surface area contributed by atoms with E-state index in [0.717, 1.165) is 6.08 Å². The minimum absolute atomic E-state index is 0.115. The highest BCUT2D eigenvalue weighted by Crippen LogP contribution is 2.21. The number of carbonyl (C=O) groups excluding carboxylic acids is 4. The first-order valence-corrected chi connectivity index (χ1v) is 6.84. The summed E-state index contributed by atoms with van der Waals surface area (Å²) in [5, 5.41) is 0. The molecule has 24 heavy (non-hydrogen) atoms. The summed E-state index contributed by atoms with van der Waals surface area (Å²) < 4.78 is 14.6. The Morgan fingerprint density at radius 3 is 1.92 bits per heavy atom. The monoisotopic (exact) mass is 334 g/mol. The van der Waals surface area contributed by atoms with Gasteiger partial charge in [0.15, 0.2) is 5.76 Å². The number of aromatic nitrogens is 2. The Hall–Kier alpha value is -3.10. The number of hydrogen-bond acceptors (Lipinski definition) is 9. The topological polar surface area (TPSA) is 122 Å². The first-order valence-electron chi connectivity index (χ1n) is 6.84. The number of Topliss-reactive ketones (excluding diaryl/α,β-unsaturated/α-hetero) is 1. The molecule has 0 aliphatic heterocycles. The van der Waals surface area contributed by atoms with Gasteiger partial charge in [0.1, 0.15) is 36.0 Å². The van der Waals surface area contributed by atoms with E-state index in [9.17, 15) is 19.2 Å². The standard InChI is InChI=1S/C15H14N2O7/c1-7(18)23-5-9-10(6-24-8(2)19)17-14-13(16-9)11(20)4-12(22-3)15(14)21/h4H,5-6H2,1-3H3. The fourth-order valence-corrected chi connectivity index (χ4v) is 1.93. The molecule has 0 atom stereocenters. The van der Waals surface area contributed by atoms with Crippen LogP contribution in [0.5, 0.6) is 0 Å². The quantitative estimate of drug-likeness (QED) is 0.709. The van der Waals surface area contributed by atoms with Crippen LogP contribution in [0.2, 0.25) is 0 Å². The van der Waals surface area contributed by atoms with Crippen molar-refractivity contribution in [1.29, 1.82) is 0 Å².